The topological polar surface area (TPSA) is 44.3 Å². The number of hydrogen-bond donors (Lipinski definition) is 1. The average Bonchev–Trinajstić information content (AvgIpc) is 3.21. The largest absolute Gasteiger partial charge is 0.326 e. The van der Waals surface area contributed by atoms with Crippen LogP contribution in [0.1, 0.15) is 30.5 Å². The fourth-order valence-electron chi connectivity index (χ4n) is 5.06. The number of para-hydroxylation sites is 2. The summed E-state index contributed by atoms with van der Waals surface area (Å²) in [5.74, 6) is 0. The Balaban J connectivity index is 1.16. The maximum Gasteiger partial charge on any atom is 0.326 e. The zero-order valence-electron chi connectivity index (χ0n) is 20.6. The molecule has 2 heterocycles. The quantitative estimate of drug-likeness (QED) is 0.354. The third-order valence-corrected chi connectivity index (χ3v) is 8.44. The van der Waals surface area contributed by atoms with Crippen molar-refractivity contribution in [3.63, 3.8) is 0 Å². The molecule has 0 radical (unpaired) electrons. The molecule has 0 amide bonds. The highest BCUT2D eigenvalue weighted by molar-refractivity contribution is 7.99. The molecule has 1 atom stereocenters. The highest BCUT2D eigenvalue weighted by Crippen LogP contribution is 2.36. The van der Waals surface area contributed by atoms with E-state index in [9.17, 15) is 4.79 Å². The number of rotatable bonds is 8. The highest BCUT2D eigenvalue weighted by atomic mass is 32.2. The summed E-state index contributed by atoms with van der Waals surface area (Å²) in [6.07, 6.45) is 0.979. The van der Waals surface area contributed by atoms with Crippen LogP contribution in [0.3, 0.4) is 0 Å². The third-order valence-electron chi connectivity index (χ3n) is 7.17. The Morgan fingerprint density at radius 1 is 0.857 bits per heavy atom. The van der Waals surface area contributed by atoms with Crippen LogP contribution >= 0.6 is 11.8 Å². The molecular weight excluding hydrogens is 452 g/mol. The van der Waals surface area contributed by atoms with E-state index in [0.29, 0.717) is 6.04 Å². The molecule has 1 N–H and O–H groups in total. The van der Waals surface area contributed by atoms with E-state index >= 15 is 0 Å². The smallest absolute Gasteiger partial charge is 0.306 e. The van der Waals surface area contributed by atoms with Crippen molar-refractivity contribution in [2.24, 2.45) is 0 Å². The summed E-state index contributed by atoms with van der Waals surface area (Å²) < 4.78 is 1.87. The summed E-state index contributed by atoms with van der Waals surface area (Å²) >= 11 is 1.88. The van der Waals surface area contributed by atoms with Crippen molar-refractivity contribution in [1.82, 2.24) is 19.4 Å². The lowest BCUT2D eigenvalue weighted by Crippen LogP contribution is -2.47. The minimum Gasteiger partial charge on any atom is -0.306 e. The van der Waals surface area contributed by atoms with E-state index in [4.69, 9.17) is 0 Å². The molecule has 0 bridgehead atoms. The van der Waals surface area contributed by atoms with E-state index in [1.165, 1.54) is 20.9 Å². The molecule has 1 unspecified atom stereocenters. The van der Waals surface area contributed by atoms with Crippen LogP contribution in [0, 0.1) is 6.92 Å². The monoisotopic (exact) mass is 486 g/mol. The Morgan fingerprint density at radius 2 is 1.54 bits per heavy atom. The van der Waals surface area contributed by atoms with Gasteiger partial charge in [0.2, 0.25) is 0 Å². The first-order valence-electron chi connectivity index (χ1n) is 12.6. The second-order valence-electron chi connectivity index (χ2n) is 9.41. The molecule has 1 aliphatic rings. The summed E-state index contributed by atoms with van der Waals surface area (Å²) in [6, 6.07) is 25.8. The lowest BCUT2D eigenvalue weighted by Gasteiger charge is -2.38. The molecule has 6 heteroatoms. The molecule has 0 spiro atoms. The Morgan fingerprint density at radius 3 is 2.34 bits per heavy atom. The van der Waals surface area contributed by atoms with Crippen molar-refractivity contribution in [2.45, 2.75) is 42.6 Å². The molecule has 1 aromatic heterocycles. The summed E-state index contributed by atoms with van der Waals surface area (Å²) in [5, 5.41) is 0. The van der Waals surface area contributed by atoms with Gasteiger partial charge in [-0.15, -0.1) is 0 Å². The van der Waals surface area contributed by atoms with E-state index in [0.717, 1.165) is 56.7 Å². The van der Waals surface area contributed by atoms with Gasteiger partial charge in [0.1, 0.15) is 0 Å². The predicted molar refractivity (Wildman–Crippen MR) is 145 cm³/mol. The number of H-pyrrole nitrogens is 1. The van der Waals surface area contributed by atoms with Crippen LogP contribution in [-0.2, 0) is 6.54 Å². The molecule has 182 valence electrons. The van der Waals surface area contributed by atoms with Crippen molar-refractivity contribution >= 4 is 22.8 Å². The molecule has 0 aliphatic carbocycles. The SMILES string of the molecule is Cc1ccccc1Sc1ccccc1C(C)N1CCN(CCCn2c(=O)[nH]c3ccccc32)CC1. The molecule has 1 saturated heterocycles. The molecule has 3 aromatic carbocycles. The second kappa shape index (κ2) is 10.9. The highest BCUT2D eigenvalue weighted by Gasteiger charge is 2.23. The standard InChI is InChI=1S/C29H34N4OS/c1-22-10-3-7-14-27(22)35-28-15-8-4-11-24(28)23(2)32-20-18-31(19-21-32)16-9-17-33-26-13-6-5-12-25(26)30-29(33)34/h3-8,10-15,23H,9,16-21H2,1-2H3,(H,30,34). The van der Waals surface area contributed by atoms with Gasteiger partial charge in [-0.25, -0.2) is 4.79 Å². The van der Waals surface area contributed by atoms with Crippen LogP contribution in [0.2, 0.25) is 0 Å². The van der Waals surface area contributed by atoms with Crippen LogP contribution in [0.4, 0.5) is 0 Å². The van der Waals surface area contributed by atoms with Crippen LogP contribution in [0.15, 0.2) is 87.4 Å². The van der Waals surface area contributed by atoms with Crippen molar-refractivity contribution in [1.29, 1.82) is 0 Å². The minimum absolute atomic E-state index is 0.00734. The predicted octanol–water partition coefficient (Wildman–Crippen LogP) is 5.56. The van der Waals surface area contributed by atoms with E-state index in [1.807, 2.05) is 40.6 Å². The fourth-order valence-corrected chi connectivity index (χ4v) is 6.18. The Kier molecular flexibility index (Phi) is 7.42. The number of benzene rings is 3. The maximum absolute atomic E-state index is 12.3. The summed E-state index contributed by atoms with van der Waals surface area (Å²) in [7, 11) is 0. The van der Waals surface area contributed by atoms with Crippen LogP contribution in [0.5, 0.6) is 0 Å². The maximum atomic E-state index is 12.3. The lowest BCUT2D eigenvalue weighted by atomic mass is 10.1. The summed E-state index contributed by atoms with van der Waals surface area (Å²) in [5.41, 5.74) is 4.64. The molecule has 35 heavy (non-hydrogen) atoms. The average molecular weight is 487 g/mol. The number of imidazole rings is 1. The number of nitrogens with zero attached hydrogens (tertiary/aromatic N) is 3. The van der Waals surface area contributed by atoms with Gasteiger partial charge in [0.15, 0.2) is 0 Å². The number of fused-ring (bicyclic) bond motifs is 1. The molecular formula is C29H34N4OS. The zero-order valence-corrected chi connectivity index (χ0v) is 21.4. The Hall–Kier alpha value is -2.80. The Bertz CT molecular complexity index is 1340. The van der Waals surface area contributed by atoms with E-state index in [2.05, 4.69) is 77.2 Å². The number of aromatic nitrogens is 2. The first-order valence-corrected chi connectivity index (χ1v) is 13.4. The van der Waals surface area contributed by atoms with Gasteiger partial charge in [0.25, 0.3) is 0 Å². The normalized spacial score (nSPS) is 16.1. The molecule has 0 saturated carbocycles. The molecule has 5 nitrogen and oxygen atoms in total. The van der Waals surface area contributed by atoms with Gasteiger partial charge in [-0.2, -0.15) is 0 Å². The van der Waals surface area contributed by atoms with Gasteiger partial charge >= 0.3 is 5.69 Å². The van der Waals surface area contributed by atoms with Crippen molar-refractivity contribution in [2.75, 3.05) is 32.7 Å². The van der Waals surface area contributed by atoms with E-state index in [-0.39, 0.29) is 5.69 Å². The second-order valence-corrected chi connectivity index (χ2v) is 10.5. The van der Waals surface area contributed by atoms with Crippen LogP contribution < -0.4 is 5.69 Å². The summed E-state index contributed by atoms with van der Waals surface area (Å²) in [6.45, 7) is 10.6. The lowest BCUT2D eigenvalue weighted by molar-refractivity contribution is 0.0998. The third kappa shape index (κ3) is 5.40. The number of aromatic amines is 1. The van der Waals surface area contributed by atoms with Crippen molar-refractivity contribution in [3.05, 3.63) is 94.4 Å². The zero-order chi connectivity index (χ0) is 24.2. The Labute approximate surface area is 211 Å². The van der Waals surface area contributed by atoms with E-state index in [1.54, 1.807) is 0 Å². The van der Waals surface area contributed by atoms with E-state index < -0.39 is 0 Å². The summed E-state index contributed by atoms with van der Waals surface area (Å²) in [4.78, 5) is 23.1. The van der Waals surface area contributed by atoms with Gasteiger partial charge < -0.3 is 9.88 Å². The van der Waals surface area contributed by atoms with Crippen molar-refractivity contribution in [3.8, 4) is 0 Å². The van der Waals surface area contributed by atoms with Gasteiger partial charge in [-0.3, -0.25) is 9.47 Å². The molecule has 1 fully saturated rings. The molecule has 4 aromatic rings. The van der Waals surface area contributed by atoms with Gasteiger partial charge in [-0.1, -0.05) is 60.3 Å². The van der Waals surface area contributed by atoms with Crippen LogP contribution in [-0.4, -0.2) is 52.1 Å². The molecule has 1 aliphatic heterocycles. The first-order chi connectivity index (χ1) is 17.1. The molecule has 5 rings (SSSR count). The number of aryl methyl sites for hydroxylation is 2. The van der Waals surface area contributed by atoms with Gasteiger partial charge in [0, 0.05) is 48.6 Å². The van der Waals surface area contributed by atoms with Crippen LogP contribution in [0.25, 0.3) is 11.0 Å². The number of nitrogens with one attached hydrogen (secondary N) is 1. The fraction of sp³-hybridized carbons (Fsp3) is 0.345. The van der Waals surface area contributed by atoms with Crippen molar-refractivity contribution < 1.29 is 0 Å². The number of hydrogen-bond acceptors (Lipinski definition) is 4. The number of piperazine rings is 1. The first kappa shape index (κ1) is 23.9. The van der Waals surface area contributed by atoms with Gasteiger partial charge in [-0.05, 0) is 62.2 Å². The van der Waals surface area contributed by atoms with Gasteiger partial charge in [0.05, 0.1) is 11.0 Å². The minimum atomic E-state index is -0.00734.